The van der Waals surface area contributed by atoms with Crippen molar-refractivity contribution in [3.8, 4) is 17.2 Å². The van der Waals surface area contributed by atoms with Gasteiger partial charge in [0.15, 0.2) is 11.3 Å². The fourth-order valence-electron chi connectivity index (χ4n) is 7.41. The Labute approximate surface area is 324 Å². The second kappa shape index (κ2) is 16.6. The minimum Gasteiger partial charge on any atom is -0.497 e. The van der Waals surface area contributed by atoms with E-state index in [0.29, 0.717) is 22.9 Å². The number of alkyl halides is 3. The van der Waals surface area contributed by atoms with E-state index in [1.807, 2.05) is 0 Å². The number of sulfonamides is 1. The van der Waals surface area contributed by atoms with Gasteiger partial charge in [-0.05, 0) is 75.3 Å². The second-order valence-corrected chi connectivity index (χ2v) is 15.7. The Balaban J connectivity index is 1.77. The first-order chi connectivity index (χ1) is 25.9. The third-order valence-electron chi connectivity index (χ3n) is 9.99. The maximum atomic E-state index is 15.7. The van der Waals surface area contributed by atoms with Gasteiger partial charge in [-0.2, -0.15) is 0 Å². The molecule has 12 nitrogen and oxygen atoms in total. The molecule has 2 amide bonds. The number of carbonyl (C=O) groups is 2. The molecule has 0 saturated carbocycles. The molecule has 2 aliphatic rings. The topological polar surface area (TPSA) is 118 Å². The number of amides is 2. The molecule has 2 aliphatic heterocycles. The number of rotatable bonds is 15. The lowest BCUT2D eigenvalue weighted by Crippen LogP contribution is -2.59. The van der Waals surface area contributed by atoms with E-state index in [9.17, 15) is 26.4 Å². The number of anilines is 1. The lowest BCUT2D eigenvalue weighted by atomic mass is 9.80. The van der Waals surface area contributed by atoms with Crippen LogP contribution in [-0.2, 0) is 29.9 Å². The molecule has 0 radical (unpaired) electrons. The van der Waals surface area contributed by atoms with Gasteiger partial charge in [-0.1, -0.05) is 37.1 Å². The first-order valence-corrected chi connectivity index (χ1v) is 19.6. The Kier molecular flexibility index (Phi) is 12.7. The van der Waals surface area contributed by atoms with E-state index >= 15 is 4.79 Å². The summed E-state index contributed by atoms with van der Waals surface area (Å²) in [4.78, 5) is 34.2. The molecule has 3 atom stereocenters. The minimum absolute atomic E-state index is 0.0107. The van der Waals surface area contributed by atoms with Crippen molar-refractivity contribution in [2.24, 2.45) is 0 Å². The van der Waals surface area contributed by atoms with Gasteiger partial charge in [-0.25, -0.2) is 12.7 Å². The average molecular weight is 811 g/mol. The monoisotopic (exact) mass is 810 g/mol. The highest BCUT2D eigenvalue weighted by atomic mass is 35.5. The number of likely N-dealkylation sites (tertiary alicyclic amines) is 1. The minimum atomic E-state index is -5.30. The lowest BCUT2D eigenvalue weighted by molar-refractivity contribution is -0.275. The summed E-state index contributed by atoms with van der Waals surface area (Å²) in [6.07, 6.45) is -5.02. The molecule has 1 fully saturated rings. The fourth-order valence-corrected chi connectivity index (χ4v) is 9.14. The van der Waals surface area contributed by atoms with Gasteiger partial charge in [0.05, 0.1) is 32.1 Å². The zero-order chi connectivity index (χ0) is 40.5. The molecule has 0 N–H and O–H groups in total. The van der Waals surface area contributed by atoms with E-state index in [1.165, 1.54) is 37.3 Å². The number of aryl methyl sites for hydroxylation is 1. The van der Waals surface area contributed by atoms with Crippen LogP contribution < -0.4 is 18.5 Å². The number of ether oxygens (including phenoxy) is 4. The summed E-state index contributed by atoms with van der Waals surface area (Å²) in [5.41, 5.74) is -1.38. The molecule has 3 aromatic carbocycles. The van der Waals surface area contributed by atoms with Gasteiger partial charge in [0.1, 0.15) is 16.4 Å². The van der Waals surface area contributed by atoms with Gasteiger partial charge < -0.3 is 28.7 Å². The summed E-state index contributed by atoms with van der Waals surface area (Å²) < 4.78 is 92.8. The first-order valence-electron chi connectivity index (χ1n) is 17.7. The van der Waals surface area contributed by atoms with Crippen LogP contribution in [0.4, 0.5) is 18.9 Å². The predicted molar refractivity (Wildman–Crippen MR) is 200 cm³/mol. The predicted octanol–water partition coefficient (Wildman–Crippen LogP) is 5.82. The van der Waals surface area contributed by atoms with E-state index < -0.39 is 50.6 Å². The van der Waals surface area contributed by atoms with Crippen LogP contribution in [0.2, 0.25) is 5.02 Å². The summed E-state index contributed by atoms with van der Waals surface area (Å²) in [7, 11) is 0.509. The van der Waals surface area contributed by atoms with Crippen LogP contribution in [0.15, 0.2) is 59.5 Å². The van der Waals surface area contributed by atoms with Gasteiger partial charge in [0, 0.05) is 56.0 Å². The molecule has 0 aliphatic carbocycles. The first kappa shape index (κ1) is 42.1. The lowest BCUT2D eigenvalue weighted by Gasteiger charge is -2.42. The zero-order valence-corrected chi connectivity index (χ0v) is 33.3. The van der Waals surface area contributed by atoms with Crippen molar-refractivity contribution in [1.82, 2.24) is 14.7 Å². The van der Waals surface area contributed by atoms with Gasteiger partial charge >= 0.3 is 6.36 Å². The quantitative estimate of drug-likeness (QED) is 0.174. The summed E-state index contributed by atoms with van der Waals surface area (Å²) in [6.45, 7) is 8.79. The van der Waals surface area contributed by atoms with Gasteiger partial charge in [0.25, 0.3) is 15.9 Å². The maximum absolute atomic E-state index is 15.7. The summed E-state index contributed by atoms with van der Waals surface area (Å²) in [5, 5.41) is 0.131. The molecule has 0 bridgehead atoms. The zero-order valence-electron chi connectivity index (χ0n) is 31.8. The number of carbonyl (C=O) groups excluding carboxylic acids is 2. The number of benzene rings is 3. The highest BCUT2D eigenvalue weighted by Crippen LogP contribution is 2.55. The van der Waals surface area contributed by atoms with Crippen LogP contribution in [0.5, 0.6) is 17.2 Å². The SMILES string of the molecule is CCN(CC)CCCO[C@@H]1C[C@@H](C(=O)N(C)C)N(C2(c3cc(C)ccc3OC)C(=O)N(S(=O)(=O)c3ccc(OC)cc3OC(F)(F)F)c3ccc(Cl)cc32)C1. The van der Waals surface area contributed by atoms with Crippen LogP contribution >= 0.6 is 11.6 Å². The van der Waals surface area contributed by atoms with Crippen molar-refractivity contribution in [2.75, 3.05) is 65.4 Å². The van der Waals surface area contributed by atoms with Crippen LogP contribution in [0.3, 0.4) is 0 Å². The Morgan fingerprint density at radius 3 is 2.31 bits per heavy atom. The van der Waals surface area contributed by atoms with E-state index in [0.717, 1.165) is 37.8 Å². The van der Waals surface area contributed by atoms with Crippen molar-refractivity contribution in [2.45, 2.75) is 62.6 Å². The number of hydrogen-bond donors (Lipinski definition) is 0. The van der Waals surface area contributed by atoms with Gasteiger partial charge in [-0.3, -0.25) is 14.5 Å². The van der Waals surface area contributed by atoms with Crippen LogP contribution in [0, 0.1) is 6.92 Å². The summed E-state index contributed by atoms with van der Waals surface area (Å²) >= 11 is 6.63. The molecule has 1 saturated heterocycles. The molecule has 5 rings (SSSR count). The van der Waals surface area contributed by atoms with Crippen LogP contribution in [0.25, 0.3) is 0 Å². The van der Waals surface area contributed by atoms with Crippen molar-refractivity contribution in [3.05, 3.63) is 76.3 Å². The molecule has 1 unspecified atom stereocenters. The van der Waals surface area contributed by atoms with Crippen LogP contribution in [0.1, 0.15) is 43.4 Å². The molecule has 300 valence electrons. The fraction of sp³-hybridized carbons (Fsp3) is 0.474. The van der Waals surface area contributed by atoms with Gasteiger partial charge in [0.2, 0.25) is 5.91 Å². The highest BCUT2D eigenvalue weighted by Gasteiger charge is 2.64. The van der Waals surface area contributed by atoms with Crippen LogP contribution in [-0.4, -0.2) is 115 Å². The Morgan fingerprint density at radius 2 is 1.69 bits per heavy atom. The third-order valence-corrected chi connectivity index (χ3v) is 12.0. The number of halogens is 4. The number of nitrogens with zero attached hydrogens (tertiary/aromatic N) is 4. The van der Waals surface area contributed by atoms with E-state index in [-0.39, 0.29) is 52.2 Å². The highest BCUT2D eigenvalue weighted by molar-refractivity contribution is 7.93. The Hall–Kier alpha value is -4.09. The van der Waals surface area contributed by atoms with Crippen molar-refractivity contribution < 1.29 is 50.1 Å². The Bertz CT molecular complexity index is 2010. The molecule has 55 heavy (non-hydrogen) atoms. The third kappa shape index (κ3) is 8.10. The smallest absolute Gasteiger partial charge is 0.497 e. The van der Waals surface area contributed by atoms with Gasteiger partial charge in [-0.15, -0.1) is 13.2 Å². The van der Waals surface area contributed by atoms with Crippen molar-refractivity contribution >= 4 is 39.1 Å². The average Bonchev–Trinajstić information content (AvgIpc) is 3.66. The number of likely N-dealkylation sites (N-methyl/N-ethyl adjacent to an activating group) is 1. The largest absolute Gasteiger partial charge is 0.573 e. The van der Waals surface area contributed by atoms with E-state index in [4.69, 9.17) is 25.8 Å². The molecule has 17 heteroatoms. The molecule has 3 aromatic rings. The number of fused-ring (bicyclic) bond motifs is 1. The maximum Gasteiger partial charge on any atom is 0.573 e. The summed E-state index contributed by atoms with van der Waals surface area (Å²) in [6, 6.07) is 10.9. The van der Waals surface area contributed by atoms with Crippen molar-refractivity contribution in [3.63, 3.8) is 0 Å². The normalized spacial score (nSPS) is 20.2. The Morgan fingerprint density at radius 1 is 0.982 bits per heavy atom. The molecule has 0 aromatic heterocycles. The van der Waals surface area contributed by atoms with Crippen molar-refractivity contribution in [1.29, 1.82) is 0 Å². The van der Waals surface area contributed by atoms with E-state index in [2.05, 4.69) is 23.5 Å². The molecular formula is C38H46ClF3N4O8S. The molecule has 2 heterocycles. The van der Waals surface area contributed by atoms with E-state index in [1.54, 1.807) is 44.1 Å². The number of hydrogen-bond acceptors (Lipinski definition) is 10. The second-order valence-electron chi connectivity index (χ2n) is 13.5. The molecular weight excluding hydrogens is 765 g/mol. The molecule has 0 spiro atoms. The summed E-state index contributed by atoms with van der Waals surface area (Å²) in [5.74, 6) is -2.52. The standard InChI is InChI=1S/C38H46ClF3N4O8S/c1-8-44(9-2)17-10-18-53-27-21-31(35(47)43(4)5)45(23-27)37(29-19-24(3)11-15-32(29)52-7)28-20-25(39)12-14-30(28)46(36(37)48)55(49,50)34-16-13-26(51-6)22-33(34)54-38(40,41)42/h11-16,19-20,22,27,31H,8-10,17-18,21,23H2,1-7H3/t27-,31+,37?/m1/s1. The number of methoxy groups -OCH3 is 2.